The molecule has 2 aromatic heterocycles. The molecule has 25 heavy (non-hydrogen) atoms. The summed E-state index contributed by atoms with van der Waals surface area (Å²) in [5.74, 6) is -0.191. The maximum atomic E-state index is 12.6. The van der Waals surface area contributed by atoms with Crippen LogP contribution in [-0.2, 0) is 10.2 Å². The Morgan fingerprint density at radius 1 is 1.28 bits per heavy atom. The molecule has 1 atom stereocenters. The summed E-state index contributed by atoms with van der Waals surface area (Å²) in [5.41, 5.74) is 1.54. The lowest BCUT2D eigenvalue weighted by Crippen LogP contribution is -2.40. The van der Waals surface area contributed by atoms with Gasteiger partial charge in [-0.05, 0) is 18.9 Å². The van der Waals surface area contributed by atoms with Crippen molar-refractivity contribution in [3.05, 3.63) is 29.7 Å². The highest BCUT2D eigenvalue weighted by Crippen LogP contribution is 2.34. The summed E-state index contributed by atoms with van der Waals surface area (Å²) >= 11 is 0. The van der Waals surface area contributed by atoms with Crippen LogP contribution in [0.3, 0.4) is 0 Å². The molecule has 0 saturated carbocycles. The van der Waals surface area contributed by atoms with Gasteiger partial charge in [0.05, 0.1) is 17.9 Å². The van der Waals surface area contributed by atoms with Gasteiger partial charge in [-0.25, -0.2) is 9.50 Å². The molecule has 0 N–H and O–H groups in total. The predicted octanol–water partition coefficient (Wildman–Crippen LogP) is 0.374. The first-order chi connectivity index (χ1) is 11.7. The molecule has 0 radical (unpaired) electrons. The normalized spacial score (nSPS) is 19.0. The maximum absolute atomic E-state index is 12.6. The van der Waals surface area contributed by atoms with Crippen molar-refractivity contribution in [1.29, 1.82) is 0 Å². The SMILES string of the molecule is CN(C)C(=O)c1cnn2c([C@@H]3CCCN3S(=O)(=O)N(C)C)ccnc12. The van der Waals surface area contributed by atoms with Crippen LogP contribution in [0.5, 0.6) is 0 Å². The Morgan fingerprint density at radius 2 is 2.00 bits per heavy atom. The van der Waals surface area contributed by atoms with Gasteiger partial charge >= 0.3 is 0 Å². The Kier molecular flexibility index (Phi) is 4.52. The van der Waals surface area contributed by atoms with Crippen LogP contribution in [0.2, 0.25) is 0 Å². The smallest absolute Gasteiger partial charge is 0.282 e. The van der Waals surface area contributed by atoms with E-state index in [9.17, 15) is 13.2 Å². The van der Waals surface area contributed by atoms with Gasteiger partial charge in [-0.15, -0.1) is 0 Å². The van der Waals surface area contributed by atoms with Gasteiger partial charge in [0.2, 0.25) is 0 Å². The summed E-state index contributed by atoms with van der Waals surface area (Å²) in [6.07, 6.45) is 4.54. The van der Waals surface area contributed by atoms with E-state index in [-0.39, 0.29) is 11.9 Å². The van der Waals surface area contributed by atoms with Crippen molar-refractivity contribution in [3.8, 4) is 0 Å². The molecule has 1 aliphatic heterocycles. The van der Waals surface area contributed by atoms with Gasteiger partial charge in [0.15, 0.2) is 5.65 Å². The van der Waals surface area contributed by atoms with Gasteiger partial charge in [-0.1, -0.05) is 0 Å². The average Bonchev–Trinajstić information content (AvgIpc) is 3.20. The number of aromatic nitrogens is 3. The van der Waals surface area contributed by atoms with E-state index in [0.29, 0.717) is 29.9 Å². The number of amides is 1. The lowest BCUT2D eigenvalue weighted by Gasteiger charge is -2.27. The third-order valence-corrected chi connectivity index (χ3v) is 6.32. The van der Waals surface area contributed by atoms with E-state index in [2.05, 4.69) is 10.1 Å². The van der Waals surface area contributed by atoms with Crippen LogP contribution in [0.25, 0.3) is 5.65 Å². The van der Waals surface area contributed by atoms with Crippen molar-refractivity contribution in [2.45, 2.75) is 18.9 Å². The van der Waals surface area contributed by atoms with Crippen LogP contribution in [0, 0.1) is 0 Å². The summed E-state index contributed by atoms with van der Waals surface area (Å²) in [7, 11) is 2.84. The summed E-state index contributed by atoms with van der Waals surface area (Å²) in [6, 6.07) is 1.43. The van der Waals surface area contributed by atoms with Crippen molar-refractivity contribution in [3.63, 3.8) is 0 Å². The van der Waals surface area contributed by atoms with Gasteiger partial charge in [0.25, 0.3) is 16.1 Å². The fourth-order valence-electron chi connectivity index (χ4n) is 3.08. The monoisotopic (exact) mass is 366 g/mol. The molecular formula is C15H22N6O3S. The number of carbonyl (C=O) groups excluding carboxylic acids is 1. The molecule has 9 nitrogen and oxygen atoms in total. The molecule has 0 unspecified atom stereocenters. The summed E-state index contributed by atoms with van der Waals surface area (Å²) in [6.45, 7) is 0.458. The van der Waals surface area contributed by atoms with Crippen LogP contribution < -0.4 is 0 Å². The number of carbonyl (C=O) groups is 1. The Morgan fingerprint density at radius 3 is 2.64 bits per heavy atom. The highest BCUT2D eigenvalue weighted by Gasteiger charge is 2.38. The van der Waals surface area contributed by atoms with Crippen LogP contribution in [0.4, 0.5) is 0 Å². The zero-order chi connectivity index (χ0) is 18.4. The molecule has 1 saturated heterocycles. The number of hydrogen-bond acceptors (Lipinski definition) is 5. The van der Waals surface area contributed by atoms with Gasteiger partial charge in [-0.3, -0.25) is 4.79 Å². The van der Waals surface area contributed by atoms with E-state index in [1.807, 2.05) is 0 Å². The van der Waals surface area contributed by atoms with Gasteiger partial charge in [0.1, 0.15) is 5.56 Å². The Labute approximate surface area is 147 Å². The van der Waals surface area contributed by atoms with Crippen LogP contribution >= 0.6 is 0 Å². The minimum absolute atomic E-state index is 0.191. The van der Waals surface area contributed by atoms with Crippen molar-refractivity contribution < 1.29 is 13.2 Å². The Hall–Kier alpha value is -2.04. The molecule has 1 fully saturated rings. The first-order valence-electron chi connectivity index (χ1n) is 7.98. The lowest BCUT2D eigenvalue weighted by molar-refractivity contribution is 0.0829. The van der Waals surface area contributed by atoms with E-state index in [4.69, 9.17) is 0 Å². The Balaban J connectivity index is 2.09. The second-order valence-electron chi connectivity index (χ2n) is 6.42. The quantitative estimate of drug-likeness (QED) is 0.780. The molecule has 2 aromatic rings. The first kappa shape index (κ1) is 17.8. The molecule has 0 spiro atoms. The molecule has 1 aliphatic rings. The van der Waals surface area contributed by atoms with Crippen molar-refractivity contribution >= 4 is 21.8 Å². The molecule has 0 bridgehead atoms. The number of nitrogens with zero attached hydrogens (tertiary/aromatic N) is 6. The topological polar surface area (TPSA) is 91.1 Å². The fourth-order valence-corrected chi connectivity index (χ4v) is 4.39. The molecule has 1 amide bonds. The summed E-state index contributed by atoms with van der Waals surface area (Å²) < 4.78 is 29.5. The second-order valence-corrected chi connectivity index (χ2v) is 8.52. The molecule has 10 heteroatoms. The minimum Gasteiger partial charge on any atom is -0.345 e. The average molecular weight is 366 g/mol. The molecule has 3 rings (SSSR count). The van der Waals surface area contributed by atoms with E-state index >= 15 is 0 Å². The molecular weight excluding hydrogens is 344 g/mol. The molecule has 0 aliphatic carbocycles. The third-order valence-electron chi connectivity index (χ3n) is 4.37. The van der Waals surface area contributed by atoms with E-state index in [1.54, 1.807) is 30.9 Å². The standard InChI is InChI=1S/C15H22N6O3S/c1-18(2)15(22)11-10-17-21-13(7-8-16-14(11)21)12-6-5-9-20(12)25(23,24)19(3)4/h7-8,10,12H,5-6,9H2,1-4H3/t12-/m0/s1. The molecule has 3 heterocycles. The number of rotatable bonds is 4. The Bertz CT molecular complexity index is 905. The number of fused-ring (bicyclic) bond motifs is 1. The van der Waals surface area contributed by atoms with Crippen molar-refractivity contribution in [2.24, 2.45) is 0 Å². The van der Waals surface area contributed by atoms with E-state index in [1.165, 1.54) is 33.8 Å². The highest BCUT2D eigenvalue weighted by molar-refractivity contribution is 7.86. The zero-order valence-electron chi connectivity index (χ0n) is 14.7. The fraction of sp³-hybridized carbons (Fsp3) is 0.533. The molecule has 136 valence electrons. The zero-order valence-corrected chi connectivity index (χ0v) is 15.6. The molecule has 0 aromatic carbocycles. The predicted molar refractivity (Wildman–Crippen MR) is 92.3 cm³/mol. The van der Waals surface area contributed by atoms with Gasteiger partial charge < -0.3 is 4.90 Å². The summed E-state index contributed by atoms with van der Waals surface area (Å²) in [5, 5.41) is 4.30. The third kappa shape index (κ3) is 2.90. The first-order valence-corrected chi connectivity index (χ1v) is 9.38. The van der Waals surface area contributed by atoms with E-state index < -0.39 is 10.2 Å². The van der Waals surface area contributed by atoms with Crippen molar-refractivity contribution in [1.82, 2.24) is 28.1 Å². The minimum atomic E-state index is -3.54. The van der Waals surface area contributed by atoms with Crippen molar-refractivity contribution in [2.75, 3.05) is 34.7 Å². The van der Waals surface area contributed by atoms with Crippen LogP contribution in [0.1, 0.15) is 34.9 Å². The summed E-state index contributed by atoms with van der Waals surface area (Å²) in [4.78, 5) is 18.0. The second kappa shape index (κ2) is 6.36. The lowest BCUT2D eigenvalue weighted by atomic mass is 10.1. The number of hydrogen-bond donors (Lipinski definition) is 0. The largest absolute Gasteiger partial charge is 0.345 e. The maximum Gasteiger partial charge on any atom is 0.282 e. The van der Waals surface area contributed by atoms with Gasteiger partial charge in [-0.2, -0.15) is 22.1 Å². The van der Waals surface area contributed by atoms with E-state index in [0.717, 1.165) is 6.42 Å². The highest BCUT2D eigenvalue weighted by atomic mass is 32.2. The van der Waals surface area contributed by atoms with Gasteiger partial charge in [0, 0.05) is 40.9 Å². The van der Waals surface area contributed by atoms with Crippen LogP contribution in [-0.4, -0.2) is 77.2 Å². The van der Waals surface area contributed by atoms with Crippen LogP contribution in [0.15, 0.2) is 18.5 Å².